The van der Waals surface area contributed by atoms with Gasteiger partial charge < -0.3 is 10.2 Å². The lowest BCUT2D eigenvalue weighted by atomic mass is 9.65. The van der Waals surface area contributed by atoms with Crippen molar-refractivity contribution < 1.29 is 10.2 Å². The van der Waals surface area contributed by atoms with Gasteiger partial charge in [-0.1, -0.05) is 20.8 Å². The molecule has 1 fully saturated rings. The Morgan fingerprint density at radius 2 is 1.85 bits per heavy atom. The largest absolute Gasteiger partial charge is 0.390 e. The van der Waals surface area contributed by atoms with Gasteiger partial charge in [-0.05, 0) is 31.6 Å². The Morgan fingerprint density at radius 3 is 2.23 bits per heavy atom. The second kappa shape index (κ2) is 3.25. The van der Waals surface area contributed by atoms with Gasteiger partial charge in [0.2, 0.25) is 0 Å². The first kappa shape index (κ1) is 11.0. The van der Waals surface area contributed by atoms with Gasteiger partial charge in [-0.3, -0.25) is 0 Å². The lowest BCUT2D eigenvalue weighted by molar-refractivity contribution is -0.144. The van der Waals surface area contributed by atoms with E-state index >= 15 is 0 Å². The Balaban J connectivity index is 2.82. The topological polar surface area (TPSA) is 40.5 Å². The molecule has 0 bridgehead atoms. The molecular weight excluding hydrogens is 164 g/mol. The molecule has 2 N–H and O–H groups in total. The molecule has 2 heteroatoms. The summed E-state index contributed by atoms with van der Waals surface area (Å²) in [6, 6.07) is 0. The van der Waals surface area contributed by atoms with Gasteiger partial charge in [0.25, 0.3) is 0 Å². The second-order valence-electron chi connectivity index (χ2n) is 5.26. The van der Waals surface area contributed by atoms with Crippen molar-refractivity contribution in [1.29, 1.82) is 0 Å². The Labute approximate surface area is 81.0 Å². The van der Waals surface area contributed by atoms with Crippen molar-refractivity contribution in [2.75, 3.05) is 0 Å². The molecule has 1 saturated carbocycles. The predicted molar refractivity (Wildman–Crippen MR) is 53.4 cm³/mol. The van der Waals surface area contributed by atoms with E-state index in [0.717, 1.165) is 12.8 Å². The van der Waals surface area contributed by atoms with Gasteiger partial charge in [0.15, 0.2) is 0 Å². The zero-order valence-electron chi connectivity index (χ0n) is 9.17. The molecule has 0 radical (unpaired) electrons. The van der Waals surface area contributed by atoms with E-state index < -0.39 is 11.2 Å². The fourth-order valence-corrected chi connectivity index (χ4v) is 2.42. The maximum Gasteiger partial charge on any atom is 0.0723 e. The normalized spacial score (nSPS) is 46.8. The Hall–Kier alpha value is -0.0800. The summed E-state index contributed by atoms with van der Waals surface area (Å²) in [5.74, 6) is 0.516. The van der Waals surface area contributed by atoms with Crippen molar-refractivity contribution in [1.82, 2.24) is 0 Å². The summed E-state index contributed by atoms with van der Waals surface area (Å²) in [5, 5.41) is 20.3. The van der Waals surface area contributed by atoms with Gasteiger partial charge in [0.05, 0.1) is 11.2 Å². The minimum Gasteiger partial charge on any atom is -0.390 e. The molecule has 0 heterocycles. The zero-order chi connectivity index (χ0) is 10.3. The van der Waals surface area contributed by atoms with Gasteiger partial charge in [0, 0.05) is 6.42 Å². The van der Waals surface area contributed by atoms with Crippen molar-refractivity contribution in [3.63, 3.8) is 0 Å². The molecule has 78 valence electrons. The highest BCUT2D eigenvalue weighted by molar-refractivity contribution is 4.98. The fourth-order valence-electron chi connectivity index (χ4n) is 2.42. The molecule has 0 saturated heterocycles. The van der Waals surface area contributed by atoms with Gasteiger partial charge in [-0.15, -0.1) is 0 Å². The first-order chi connectivity index (χ1) is 5.78. The summed E-state index contributed by atoms with van der Waals surface area (Å²) in [5.41, 5.74) is -1.35. The SMILES string of the molecule is CC(C)[C@]1(O)C[C@@](C)(O)CC[C@@H]1C. The van der Waals surface area contributed by atoms with Crippen molar-refractivity contribution in [3.8, 4) is 0 Å². The number of hydrogen-bond donors (Lipinski definition) is 2. The van der Waals surface area contributed by atoms with Gasteiger partial charge in [-0.2, -0.15) is 0 Å². The highest BCUT2D eigenvalue weighted by Gasteiger charge is 2.46. The van der Waals surface area contributed by atoms with Crippen LogP contribution in [0.5, 0.6) is 0 Å². The average molecular weight is 186 g/mol. The van der Waals surface area contributed by atoms with E-state index in [-0.39, 0.29) is 5.92 Å². The molecule has 0 aromatic heterocycles. The maximum absolute atomic E-state index is 10.4. The number of hydrogen-bond acceptors (Lipinski definition) is 2. The molecule has 0 aromatic rings. The zero-order valence-corrected chi connectivity index (χ0v) is 9.17. The maximum atomic E-state index is 10.4. The molecule has 1 aliphatic carbocycles. The van der Waals surface area contributed by atoms with Crippen LogP contribution in [0.25, 0.3) is 0 Å². The molecule has 2 nitrogen and oxygen atoms in total. The highest BCUT2D eigenvalue weighted by Crippen LogP contribution is 2.43. The van der Waals surface area contributed by atoms with Gasteiger partial charge in [0.1, 0.15) is 0 Å². The van der Waals surface area contributed by atoms with E-state index in [9.17, 15) is 10.2 Å². The molecule has 13 heavy (non-hydrogen) atoms. The predicted octanol–water partition coefficient (Wildman–Crippen LogP) is 1.94. The van der Waals surface area contributed by atoms with Crippen LogP contribution in [0.2, 0.25) is 0 Å². The number of aliphatic hydroxyl groups is 2. The molecule has 1 rings (SSSR count). The van der Waals surface area contributed by atoms with E-state index in [0.29, 0.717) is 12.3 Å². The van der Waals surface area contributed by atoms with Crippen molar-refractivity contribution in [3.05, 3.63) is 0 Å². The van der Waals surface area contributed by atoms with Crippen molar-refractivity contribution in [2.24, 2.45) is 11.8 Å². The first-order valence-corrected chi connectivity index (χ1v) is 5.23. The third-order valence-corrected chi connectivity index (χ3v) is 3.63. The molecule has 0 amide bonds. The van der Waals surface area contributed by atoms with E-state index in [1.54, 1.807) is 0 Å². The van der Waals surface area contributed by atoms with E-state index in [4.69, 9.17) is 0 Å². The Morgan fingerprint density at radius 1 is 1.31 bits per heavy atom. The highest BCUT2D eigenvalue weighted by atomic mass is 16.3. The fraction of sp³-hybridized carbons (Fsp3) is 1.00. The van der Waals surface area contributed by atoms with E-state index in [2.05, 4.69) is 6.92 Å². The summed E-state index contributed by atoms with van der Waals surface area (Å²) in [6.07, 6.45) is 2.24. The molecule has 3 atom stereocenters. The summed E-state index contributed by atoms with van der Waals surface area (Å²) in [6.45, 7) is 7.96. The van der Waals surface area contributed by atoms with Crippen LogP contribution in [0, 0.1) is 11.8 Å². The molecule has 0 unspecified atom stereocenters. The van der Waals surface area contributed by atoms with E-state index in [1.807, 2.05) is 20.8 Å². The summed E-state index contributed by atoms with van der Waals surface area (Å²) < 4.78 is 0. The Bertz CT molecular complexity index is 187. The molecule has 0 aromatic carbocycles. The summed E-state index contributed by atoms with van der Waals surface area (Å²) >= 11 is 0. The van der Waals surface area contributed by atoms with E-state index in [1.165, 1.54) is 0 Å². The van der Waals surface area contributed by atoms with Crippen LogP contribution in [-0.2, 0) is 0 Å². The second-order valence-corrected chi connectivity index (χ2v) is 5.26. The minimum atomic E-state index is -0.679. The lowest BCUT2D eigenvalue weighted by Gasteiger charge is -2.47. The van der Waals surface area contributed by atoms with Crippen LogP contribution in [0.4, 0.5) is 0 Å². The van der Waals surface area contributed by atoms with Crippen molar-refractivity contribution in [2.45, 2.75) is 58.2 Å². The minimum absolute atomic E-state index is 0.217. The monoisotopic (exact) mass is 186 g/mol. The quantitative estimate of drug-likeness (QED) is 0.657. The summed E-state index contributed by atoms with van der Waals surface area (Å²) in [7, 11) is 0. The third kappa shape index (κ3) is 2.05. The lowest BCUT2D eigenvalue weighted by Crippen LogP contribution is -2.52. The molecule has 0 aliphatic heterocycles. The van der Waals surface area contributed by atoms with Crippen LogP contribution >= 0.6 is 0 Å². The third-order valence-electron chi connectivity index (χ3n) is 3.63. The van der Waals surface area contributed by atoms with Crippen molar-refractivity contribution >= 4 is 0 Å². The summed E-state index contributed by atoms with van der Waals surface area (Å²) in [4.78, 5) is 0. The molecule has 0 spiro atoms. The van der Waals surface area contributed by atoms with Crippen LogP contribution in [-0.4, -0.2) is 21.4 Å². The van der Waals surface area contributed by atoms with Crippen LogP contribution in [0.3, 0.4) is 0 Å². The number of rotatable bonds is 1. The van der Waals surface area contributed by atoms with Gasteiger partial charge >= 0.3 is 0 Å². The van der Waals surface area contributed by atoms with Gasteiger partial charge in [-0.25, -0.2) is 0 Å². The molecule has 1 aliphatic rings. The standard InChI is InChI=1S/C11H22O2/c1-8(2)11(13)7-10(4,12)6-5-9(11)3/h8-9,12-13H,5-7H2,1-4H3/t9-,10-,11+/m0/s1. The molecular formula is C11H22O2. The first-order valence-electron chi connectivity index (χ1n) is 5.23. The Kier molecular flexibility index (Phi) is 2.75. The van der Waals surface area contributed by atoms with Crippen LogP contribution in [0.15, 0.2) is 0 Å². The smallest absolute Gasteiger partial charge is 0.0723 e. The van der Waals surface area contributed by atoms with Crippen LogP contribution in [0.1, 0.15) is 47.0 Å². The average Bonchev–Trinajstić information content (AvgIpc) is 1.97. The van der Waals surface area contributed by atoms with Crippen LogP contribution < -0.4 is 0 Å².